The van der Waals surface area contributed by atoms with Crippen LogP contribution in [0, 0.1) is 11.8 Å². The maximum atomic E-state index is 2.61. The van der Waals surface area contributed by atoms with Crippen LogP contribution in [0.5, 0.6) is 0 Å². The third kappa shape index (κ3) is 0.619. The van der Waals surface area contributed by atoms with Crippen LogP contribution in [0.1, 0.15) is 27.2 Å². The lowest BCUT2D eigenvalue weighted by atomic mass is 9.65. The Morgan fingerprint density at radius 3 is 2.40 bits per heavy atom. The number of nitrogens with zero attached hydrogens (tertiary/aromatic N) is 1. The van der Waals surface area contributed by atoms with E-state index in [9.17, 15) is 0 Å². The summed E-state index contributed by atoms with van der Waals surface area (Å²) in [6.45, 7) is 9.88. The fraction of sp³-hybridized carbons (Fsp3) is 1.00. The second-order valence-electron chi connectivity index (χ2n) is 4.47. The largest absolute Gasteiger partial charge is 0.298 e. The SMILES string of the molecule is CC1CCN2CC1C2(C)C. The van der Waals surface area contributed by atoms with Crippen molar-refractivity contribution in [3.05, 3.63) is 0 Å². The minimum Gasteiger partial charge on any atom is -0.298 e. The zero-order valence-electron chi connectivity index (χ0n) is 7.22. The van der Waals surface area contributed by atoms with Gasteiger partial charge in [-0.3, -0.25) is 4.90 Å². The van der Waals surface area contributed by atoms with Crippen LogP contribution in [-0.2, 0) is 0 Å². The van der Waals surface area contributed by atoms with Crippen molar-refractivity contribution in [3.8, 4) is 0 Å². The number of hydrogen-bond acceptors (Lipinski definition) is 1. The van der Waals surface area contributed by atoms with Crippen LogP contribution in [-0.4, -0.2) is 23.5 Å². The van der Waals surface area contributed by atoms with Crippen molar-refractivity contribution in [3.63, 3.8) is 0 Å². The van der Waals surface area contributed by atoms with Crippen molar-refractivity contribution in [1.82, 2.24) is 4.90 Å². The van der Waals surface area contributed by atoms with Crippen molar-refractivity contribution < 1.29 is 0 Å². The third-order valence-corrected chi connectivity index (χ3v) is 3.68. The summed E-state index contributed by atoms with van der Waals surface area (Å²) in [4.78, 5) is 2.61. The van der Waals surface area contributed by atoms with E-state index in [1.807, 2.05) is 0 Å². The zero-order valence-corrected chi connectivity index (χ0v) is 7.22. The number of piperidine rings is 2. The molecule has 3 atom stereocenters. The van der Waals surface area contributed by atoms with E-state index in [1.54, 1.807) is 0 Å². The molecule has 10 heavy (non-hydrogen) atoms. The zero-order chi connectivity index (χ0) is 7.35. The molecule has 1 heteroatoms. The van der Waals surface area contributed by atoms with Gasteiger partial charge in [0, 0.05) is 12.1 Å². The molecule has 0 radical (unpaired) electrons. The van der Waals surface area contributed by atoms with Gasteiger partial charge >= 0.3 is 0 Å². The van der Waals surface area contributed by atoms with Gasteiger partial charge in [0.2, 0.25) is 0 Å². The fourth-order valence-corrected chi connectivity index (χ4v) is 2.63. The molecule has 0 aromatic heterocycles. The molecule has 3 aliphatic heterocycles. The number of fused-ring (bicyclic) bond motifs is 2. The van der Waals surface area contributed by atoms with Crippen LogP contribution in [0.2, 0.25) is 0 Å². The summed E-state index contributed by atoms with van der Waals surface area (Å²) in [5, 5.41) is 0. The van der Waals surface area contributed by atoms with Gasteiger partial charge in [-0.05, 0) is 38.6 Å². The standard InChI is InChI=1S/C9H17N/c1-7-4-5-10-6-8(7)9(10,2)3/h7-8H,4-6H2,1-3H3. The molecule has 58 valence electrons. The predicted molar refractivity (Wildman–Crippen MR) is 42.9 cm³/mol. The molecular weight excluding hydrogens is 122 g/mol. The Hall–Kier alpha value is -0.0400. The van der Waals surface area contributed by atoms with Crippen molar-refractivity contribution in [2.24, 2.45) is 11.8 Å². The van der Waals surface area contributed by atoms with Crippen LogP contribution in [0.25, 0.3) is 0 Å². The summed E-state index contributed by atoms with van der Waals surface area (Å²) in [6, 6.07) is 0. The highest BCUT2D eigenvalue weighted by molar-refractivity contribution is 5.05. The molecule has 0 aliphatic carbocycles. The molecule has 0 aromatic carbocycles. The van der Waals surface area contributed by atoms with E-state index in [0.29, 0.717) is 5.54 Å². The highest BCUT2D eigenvalue weighted by Gasteiger charge is 2.51. The summed E-state index contributed by atoms with van der Waals surface area (Å²) in [6.07, 6.45) is 1.42. The lowest BCUT2D eigenvalue weighted by molar-refractivity contribution is -0.122. The highest BCUT2D eigenvalue weighted by atomic mass is 15.3. The van der Waals surface area contributed by atoms with Crippen LogP contribution >= 0.6 is 0 Å². The number of rotatable bonds is 0. The maximum absolute atomic E-state index is 2.61. The first-order valence-corrected chi connectivity index (χ1v) is 4.37. The molecule has 3 heterocycles. The molecule has 1 nitrogen and oxygen atoms in total. The smallest absolute Gasteiger partial charge is 0.0196 e. The molecule has 0 spiro atoms. The molecule has 0 amide bonds. The first-order valence-electron chi connectivity index (χ1n) is 4.37. The van der Waals surface area contributed by atoms with E-state index in [0.717, 1.165) is 11.8 Å². The van der Waals surface area contributed by atoms with Gasteiger partial charge in [-0.1, -0.05) is 6.92 Å². The molecule has 3 rings (SSSR count). The molecule has 0 N–H and O–H groups in total. The molecule has 3 saturated heterocycles. The maximum Gasteiger partial charge on any atom is 0.0196 e. The Labute approximate surface area is 63.4 Å². The summed E-state index contributed by atoms with van der Waals surface area (Å²) in [7, 11) is 0. The first kappa shape index (κ1) is 6.66. The van der Waals surface area contributed by atoms with Crippen molar-refractivity contribution >= 4 is 0 Å². The first-order chi connectivity index (χ1) is 4.62. The average molecular weight is 139 g/mol. The monoisotopic (exact) mass is 139 g/mol. The lowest BCUT2D eigenvalue weighted by Crippen LogP contribution is -2.69. The molecule has 3 fully saturated rings. The second kappa shape index (κ2) is 1.76. The third-order valence-electron chi connectivity index (χ3n) is 3.68. The van der Waals surface area contributed by atoms with Gasteiger partial charge < -0.3 is 0 Å². The van der Waals surface area contributed by atoms with E-state index in [-0.39, 0.29) is 0 Å². The minimum atomic E-state index is 0.539. The Balaban J connectivity index is 2.16. The van der Waals surface area contributed by atoms with E-state index in [1.165, 1.54) is 19.5 Å². The summed E-state index contributed by atoms with van der Waals surface area (Å²) >= 11 is 0. The Morgan fingerprint density at radius 2 is 2.10 bits per heavy atom. The fourth-order valence-electron chi connectivity index (χ4n) is 2.63. The molecule has 0 aromatic rings. The van der Waals surface area contributed by atoms with Gasteiger partial charge in [0.25, 0.3) is 0 Å². The van der Waals surface area contributed by atoms with Crippen molar-refractivity contribution in [2.45, 2.75) is 32.7 Å². The second-order valence-corrected chi connectivity index (χ2v) is 4.47. The van der Waals surface area contributed by atoms with Crippen molar-refractivity contribution in [1.29, 1.82) is 0 Å². The van der Waals surface area contributed by atoms with Gasteiger partial charge in [-0.15, -0.1) is 0 Å². The topological polar surface area (TPSA) is 3.24 Å². The van der Waals surface area contributed by atoms with Crippen LogP contribution < -0.4 is 0 Å². The van der Waals surface area contributed by atoms with Crippen LogP contribution in [0.15, 0.2) is 0 Å². The van der Waals surface area contributed by atoms with Crippen LogP contribution in [0.4, 0.5) is 0 Å². The van der Waals surface area contributed by atoms with Gasteiger partial charge in [-0.2, -0.15) is 0 Å². The summed E-state index contributed by atoms with van der Waals surface area (Å²) in [5.41, 5.74) is 0.539. The Bertz CT molecular complexity index is 149. The Kier molecular flexibility index (Phi) is 1.17. The normalized spacial score (nSPS) is 50.1. The van der Waals surface area contributed by atoms with E-state index < -0.39 is 0 Å². The van der Waals surface area contributed by atoms with Gasteiger partial charge in [0.1, 0.15) is 0 Å². The summed E-state index contributed by atoms with van der Waals surface area (Å²) < 4.78 is 0. The number of hydrogen-bond donors (Lipinski definition) is 0. The van der Waals surface area contributed by atoms with Gasteiger partial charge in [0.05, 0.1) is 0 Å². The van der Waals surface area contributed by atoms with E-state index in [2.05, 4.69) is 25.7 Å². The van der Waals surface area contributed by atoms with Gasteiger partial charge in [0.15, 0.2) is 0 Å². The molecule has 0 saturated carbocycles. The van der Waals surface area contributed by atoms with Gasteiger partial charge in [-0.25, -0.2) is 0 Å². The molecule has 3 aliphatic rings. The minimum absolute atomic E-state index is 0.539. The van der Waals surface area contributed by atoms with E-state index >= 15 is 0 Å². The predicted octanol–water partition coefficient (Wildman–Crippen LogP) is 1.74. The lowest BCUT2D eigenvalue weighted by Gasteiger charge is -2.62. The Morgan fingerprint density at radius 1 is 1.40 bits per heavy atom. The molecule has 2 bridgehead atoms. The molecule has 3 unspecified atom stereocenters. The summed E-state index contributed by atoms with van der Waals surface area (Å²) in [5.74, 6) is 1.96. The van der Waals surface area contributed by atoms with Crippen LogP contribution in [0.3, 0.4) is 0 Å². The van der Waals surface area contributed by atoms with E-state index in [4.69, 9.17) is 0 Å². The molecular formula is C9H17N. The highest BCUT2D eigenvalue weighted by Crippen LogP contribution is 2.45. The quantitative estimate of drug-likeness (QED) is 0.494. The average Bonchev–Trinajstić information content (AvgIpc) is 1.87. The van der Waals surface area contributed by atoms with Crippen molar-refractivity contribution in [2.75, 3.05) is 13.1 Å².